The third-order valence-electron chi connectivity index (χ3n) is 5.10. The summed E-state index contributed by atoms with van der Waals surface area (Å²) < 4.78 is 1.44. The Morgan fingerprint density at radius 3 is 2.66 bits per heavy atom. The van der Waals surface area contributed by atoms with Gasteiger partial charge in [-0.3, -0.25) is 19.0 Å². The van der Waals surface area contributed by atoms with Crippen LogP contribution >= 0.6 is 0 Å². The van der Waals surface area contributed by atoms with Gasteiger partial charge in [-0.2, -0.15) is 0 Å². The number of nitrogens with one attached hydrogen (secondary N) is 1. The van der Waals surface area contributed by atoms with Crippen LogP contribution in [0.25, 0.3) is 10.9 Å². The summed E-state index contributed by atoms with van der Waals surface area (Å²) in [5.41, 5.74) is 1.61. The maximum Gasteiger partial charge on any atom is 0.261 e. The maximum absolute atomic E-state index is 12.5. The van der Waals surface area contributed by atoms with Crippen LogP contribution in [0, 0.1) is 0 Å². The first-order valence-electron chi connectivity index (χ1n) is 9.75. The Morgan fingerprint density at radius 2 is 1.83 bits per heavy atom. The number of amides is 2. The highest BCUT2D eigenvalue weighted by atomic mass is 16.2. The number of carbonyl (C=O) groups is 2. The number of rotatable bonds is 5. The summed E-state index contributed by atoms with van der Waals surface area (Å²) in [5.74, 6) is -0.233. The number of aryl methyl sites for hydroxylation is 1. The molecule has 2 aromatic carbocycles. The van der Waals surface area contributed by atoms with E-state index in [4.69, 9.17) is 0 Å². The lowest BCUT2D eigenvalue weighted by molar-refractivity contribution is -0.116. The van der Waals surface area contributed by atoms with Crippen LogP contribution in [-0.4, -0.2) is 39.4 Å². The van der Waals surface area contributed by atoms with Gasteiger partial charge >= 0.3 is 0 Å². The molecule has 1 aliphatic heterocycles. The number of anilines is 1. The molecule has 1 aromatic heterocycles. The monoisotopic (exact) mass is 390 g/mol. The topological polar surface area (TPSA) is 84.3 Å². The molecule has 0 saturated carbocycles. The van der Waals surface area contributed by atoms with Crippen LogP contribution in [0.15, 0.2) is 59.7 Å². The van der Waals surface area contributed by atoms with Gasteiger partial charge in [-0.25, -0.2) is 4.98 Å². The van der Waals surface area contributed by atoms with Crippen molar-refractivity contribution in [3.8, 4) is 0 Å². The van der Waals surface area contributed by atoms with Crippen LogP contribution in [-0.2, 0) is 11.3 Å². The molecule has 7 heteroatoms. The normalized spacial score (nSPS) is 13.6. The van der Waals surface area contributed by atoms with Gasteiger partial charge in [0.05, 0.1) is 17.2 Å². The molecule has 0 bridgehead atoms. The van der Waals surface area contributed by atoms with Crippen LogP contribution in [0.1, 0.15) is 29.6 Å². The van der Waals surface area contributed by atoms with Gasteiger partial charge in [0.2, 0.25) is 5.91 Å². The number of benzene rings is 2. The third-order valence-corrected chi connectivity index (χ3v) is 5.10. The number of aromatic nitrogens is 2. The van der Waals surface area contributed by atoms with Gasteiger partial charge in [0.25, 0.3) is 11.5 Å². The van der Waals surface area contributed by atoms with Gasteiger partial charge in [0.15, 0.2) is 0 Å². The lowest BCUT2D eigenvalue weighted by Gasteiger charge is -2.15. The average Bonchev–Trinajstić information content (AvgIpc) is 3.28. The molecule has 2 amide bonds. The molecule has 0 atom stereocenters. The van der Waals surface area contributed by atoms with E-state index in [0.29, 0.717) is 22.2 Å². The first-order chi connectivity index (χ1) is 14.1. The standard InChI is InChI=1S/C22H22N4O3/c27-20(10-13-26-15-23-19-9-2-1-8-18(19)22(26)29)24-17-7-5-6-16(14-17)21(28)25-11-3-4-12-25/h1-2,5-9,14-15H,3-4,10-13H2,(H,24,27). The quantitative estimate of drug-likeness (QED) is 0.726. The zero-order valence-corrected chi connectivity index (χ0v) is 16.0. The van der Waals surface area contributed by atoms with Crippen molar-refractivity contribution in [3.63, 3.8) is 0 Å². The highest BCUT2D eigenvalue weighted by Crippen LogP contribution is 2.16. The molecular formula is C22H22N4O3. The number of hydrogen-bond acceptors (Lipinski definition) is 4. The van der Waals surface area contributed by atoms with Gasteiger partial charge in [-0.15, -0.1) is 0 Å². The molecule has 0 spiro atoms. The molecule has 1 saturated heterocycles. The summed E-state index contributed by atoms with van der Waals surface area (Å²) in [6.45, 7) is 1.79. The highest BCUT2D eigenvalue weighted by Gasteiger charge is 2.19. The lowest BCUT2D eigenvalue weighted by Crippen LogP contribution is -2.27. The van der Waals surface area contributed by atoms with Crippen LogP contribution in [0.2, 0.25) is 0 Å². The molecule has 0 unspecified atom stereocenters. The summed E-state index contributed by atoms with van der Waals surface area (Å²) >= 11 is 0. The van der Waals surface area contributed by atoms with Gasteiger partial charge in [-0.1, -0.05) is 18.2 Å². The van der Waals surface area contributed by atoms with Crippen molar-refractivity contribution in [1.29, 1.82) is 0 Å². The molecule has 1 fully saturated rings. The molecule has 0 radical (unpaired) electrons. The Kier molecular flexibility index (Phi) is 5.37. The van der Waals surface area contributed by atoms with E-state index in [1.165, 1.54) is 10.9 Å². The van der Waals surface area contributed by atoms with Gasteiger partial charge in [-0.05, 0) is 43.2 Å². The summed E-state index contributed by atoms with van der Waals surface area (Å²) in [4.78, 5) is 43.5. The number of likely N-dealkylation sites (tertiary alicyclic amines) is 1. The zero-order valence-electron chi connectivity index (χ0n) is 16.0. The lowest BCUT2D eigenvalue weighted by atomic mass is 10.1. The minimum Gasteiger partial charge on any atom is -0.339 e. The smallest absolute Gasteiger partial charge is 0.261 e. The molecule has 1 N–H and O–H groups in total. The Morgan fingerprint density at radius 1 is 1.03 bits per heavy atom. The van der Waals surface area contributed by atoms with E-state index in [2.05, 4.69) is 10.3 Å². The van der Waals surface area contributed by atoms with Crippen molar-refractivity contribution >= 4 is 28.4 Å². The molecule has 148 valence electrons. The van der Waals surface area contributed by atoms with Crippen LogP contribution in [0.4, 0.5) is 5.69 Å². The average molecular weight is 390 g/mol. The van der Waals surface area contributed by atoms with Crippen molar-refractivity contribution in [2.75, 3.05) is 18.4 Å². The number of fused-ring (bicyclic) bond motifs is 1. The van der Waals surface area contributed by atoms with E-state index in [9.17, 15) is 14.4 Å². The fourth-order valence-corrected chi connectivity index (χ4v) is 3.54. The molecule has 1 aliphatic rings. The minimum absolute atomic E-state index is 0.00705. The Balaban J connectivity index is 1.40. The van der Waals surface area contributed by atoms with Crippen LogP contribution < -0.4 is 10.9 Å². The van der Waals surface area contributed by atoms with E-state index in [0.717, 1.165) is 25.9 Å². The van der Waals surface area contributed by atoms with E-state index in [1.54, 1.807) is 42.5 Å². The highest BCUT2D eigenvalue weighted by molar-refractivity contribution is 5.97. The second-order valence-corrected chi connectivity index (χ2v) is 7.14. The molecule has 7 nitrogen and oxygen atoms in total. The second-order valence-electron chi connectivity index (χ2n) is 7.14. The number of nitrogens with zero attached hydrogens (tertiary/aromatic N) is 3. The molecule has 29 heavy (non-hydrogen) atoms. The Labute approximate surface area is 168 Å². The predicted octanol–water partition coefficient (Wildman–Crippen LogP) is 2.66. The first kappa shape index (κ1) is 18.9. The maximum atomic E-state index is 12.5. The summed E-state index contributed by atoms with van der Waals surface area (Å²) in [5, 5.41) is 3.34. The molecule has 0 aliphatic carbocycles. The number of para-hydroxylation sites is 1. The van der Waals surface area contributed by atoms with Crippen molar-refractivity contribution in [2.24, 2.45) is 0 Å². The van der Waals surface area contributed by atoms with Crippen LogP contribution in [0.3, 0.4) is 0 Å². The van der Waals surface area contributed by atoms with Crippen molar-refractivity contribution in [1.82, 2.24) is 14.5 Å². The van der Waals surface area contributed by atoms with Gasteiger partial charge < -0.3 is 10.2 Å². The fraction of sp³-hybridized carbons (Fsp3) is 0.273. The predicted molar refractivity (Wildman–Crippen MR) is 111 cm³/mol. The third kappa shape index (κ3) is 4.18. The molecule has 3 aromatic rings. The molecule has 4 rings (SSSR count). The first-order valence-corrected chi connectivity index (χ1v) is 9.75. The van der Waals surface area contributed by atoms with E-state index >= 15 is 0 Å². The van der Waals surface area contributed by atoms with E-state index in [-0.39, 0.29) is 30.3 Å². The van der Waals surface area contributed by atoms with Gasteiger partial charge in [0, 0.05) is 37.3 Å². The molecular weight excluding hydrogens is 368 g/mol. The number of hydrogen-bond donors (Lipinski definition) is 1. The second kappa shape index (κ2) is 8.26. The van der Waals surface area contributed by atoms with Crippen molar-refractivity contribution in [3.05, 3.63) is 70.8 Å². The SMILES string of the molecule is O=C(CCn1cnc2ccccc2c1=O)Nc1cccc(C(=O)N2CCCC2)c1. The summed E-state index contributed by atoms with van der Waals surface area (Å²) in [6.07, 6.45) is 3.66. The molecule has 2 heterocycles. The van der Waals surface area contributed by atoms with Crippen molar-refractivity contribution < 1.29 is 9.59 Å². The van der Waals surface area contributed by atoms with Gasteiger partial charge in [0.1, 0.15) is 0 Å². The largest absolute Gasteiger partial charge is 0.339 e. The summed E-state index contributed by atoms with van der Waals surface area (Å²) in [7, 11) is 0. The number of carbonyl (C=O) groups excluding carboxylic acids is 2. The zero-order chi connectivity index (χ0) is 20.2. The fourth-order valence-electron chi connectivity index (χ4n) is 3.54. The van der Waals surface area contributed by atoms with E-state index < -0.39 is 0 Å². The summed E-state index contributed by atoms with van der Waals surface area (Å²) in [6, 6.07) is 14.1. The van der Waals surface area contributed by atoms with E-state index in [1.807, 2.05) is 11.0 Å². The van der Waals surface area contributed by atoms with Crippen molar-refractivity contribution in [2.45, 2.75) is 25.8 Å². The minimum atomic E-state index is -0.226. The van der Waals surface area contributed by atoms with Crippen LogP contribution in [0.5, 0.6) is 0 Å². The Hall–Kier alpha value is -3.48. The Bertz CT molecular complexity index is 1120.